The normalized spacial score (nSPS) is 12.7. The second kappa shape index (κ2) is 13.0. The van der Waals surface area contributed by atoms with Crippen LogP contribution in [0.5, 0.6) is 5.75 Å². The van der Waals surface area contributed by atoms with Crippen molar-refractivity contribution in [1.82, 2.24) is 19.3 Å². The molecule has 5 aromatic rings. The Morgan fingerprint density at radius 1 is 1.07 bits per heavy atom. The number of aromatic nitrogens is 3. The number of anilines is 2. The van der Waals surface area contributed by atoms with Gasteiger partial charge in [0.05, 0.1) is 27.0 Å². The largest absolute Gasteiger partial charge is 0.488 e. The molecule has 8 nitrogen and oxygen atoms in total. The number of ether oxygens (including phenoxy) is 1. The number of nitrogens with zero attached hydrogens (tertiary/aromatic N) is 4. The van der Waals surface area contributed by atoms with Gasteiger partial charge < -0.3 is 10.1 Å². The highest BCUT2D eigenvalue weighted by atomic mass is 79.9. The molecule has 2 heterocycles. The monoisotopic (exact) mass is 683 g/mol. The first-order chi connectivity index (χ1) is 20.6. The molecular weight excluding hydrogens is 653 g/mol. The molecule has 0 aliphatic heterocycles. The zero-order valence-corrected chi connectivity index (χ0v) is 27.3. The molecule has 0 saturated carbocycles. The van der Waals surface area contributed by atoms with E-state index in [4.69, 9.17) is 9.72 Å². The van der Waals surface area contributed by atoms with Crippen molar-refractivity contribution in [3.05, 3.63) is 93.2 Å². The molecule has 1 unspecified atom stereocenters. The van der Waals surface area contributed by atoms with Crippen LogP contribution < -0.4 is 10.1 Å². The van der Waals surface area contributed by atoms with Crippen molar-refractivity contribution in [2.45, 2.75) is 45.6 Å². The second-order valence-corrected chi connectivity index (χ2v) is 14.4. The summed E-state index contributed by atoms with van der Waals surface area (Å²) in [7, 11) is -3.43. The van der Waals surface area contributed by atoms with Gasteiger partial charge in [0.1, 0.15) is 35.3 Å². The predicted molar refractivity (Wildman–Crippen MR) is 174 cm³/mol. The number of benzene rings is 3. The van der Waals surface area contributed by atoms with Gasteiger partial charge in [0, 0.05) is 28.6 Å². The Morgan fingerprint density at radius 2 is 1.88 bits per heavy atom. The summed E-state index contributed by atoms with van der Waals surface area (Å²) in [5.41, 5.74) is 3.91. The van der Waals surface area contributed by atoms with Crippen molar-refractivity contribution in [1.29, 1.82) is 0 Å². The lowest BCUT2D eigenvalue weighted by Crippen LogP contribution is -2.38. The Kier molecular flexibility index (Phi) is 9.40. The van der Waals surface area contributed by atoms with E-state index in [-0.39, 0.29) is 18.5 Å². The molecule has 0 fully saturated rings. The van der Waals surface area contributed by atoms with Gasteiger partial charge in [-0.15, -0.1) is 11.3 Å². The van der Waals surface area contributed by atoms with Crippen molar-refractivity contribution < 1.29 is 17.5 Å². The van der Waals surface area contributed by atoms with E-state index in [1.54, 1.807) is 19.9 Å². The van der Waals surface area contributed by atoms with Crippen LogP contribution in [0.4, 0.5) is 15.9 Å². The lowest BCUT2D eigenvalue weighted by molar-refractivity contribution is 0.303. The molecule has 1 N–H and O–H groups in total. The van der Waals surface area contributed by atoms with Crippen LogP contribution in [0.3, 0.4) is 0 Å². The topological polar surface area (TPSA) is 97.3 Å². The zero-order valence-electron chi connectivity index (χ0n) is 24.1. The van der Waals surface area contributed by atoms with Gasteiger partial charge in [0.2, 0.25) is 10.0 Å². The third-order valence-corrected chi connectivity index (χ3v) is 11.0. The first-order valence-electron chi connectivity index (χ1n) is 13.7. The van der Waals surface area contributed by atoms with Crippen LogP contribution in [0.25, 0.3) is 22.2 Å². The molecule has 43 heavy (non-hydrogen) atoms. The minimum Gasteiger partial charge on any atom is -0.488 e. The van der Waals surface area contributed by atoms with Crippen LogP contribution in [-0.2, 0) is 16.6 Å². The predicted octanol–water partition coefficient (Wildman–Crippen LogP) is 8.10. The standard InChI is InChI=1S/C31H31BrFN5O3S2/c1-5-38(43(39,40)19(2)3)20(4)31-37-28(17-42-31)22-9-11-27-25(14-22)30(35-18-34-27)36-24-10-12-29(26(32)15-24)41-16-21-7-6-8-23(33)13-21/h6-15,17-20H,5,16H2,1-4H3,(H,34,35,36). The smallest absolute Gasteiger partial charge is 0.217 e. The van der Waals surface area contributed by atoms with Gasteiger partial charge in [-0.2, -0.15) is 4.31 Å². The number of fused-ring (bicyclic) bond motifs is 1. The summed E-state index contributed by atoms with van der Waals surface area (Å²) in [5, 5.41) is 6.34. The maximum atomic E-state index is 13.5. The molecule has 0 amide bonds. The minimum atomic E-state index is -3.43. The lowest BCUT2D eigenvalue weighted by atomic mass is 10.1. The van der Waals surface area contributed by atoms with Crippen LogP contribution >= 0.6 is 27.3 Å². The van der Waals surface area contributed by atoms with Crippen LogP contribution in [0.15, 0.2) is 76.8 Å². The van der Waals surface area contributed by atoms with Gasteiger partial charge in [-0.25, -0.2) is 27.8 Å². The number of hydrogen-bond acceptors (Lipinski definition) is 8. The Balaban J connectivity index is 1.37. The summed E-state index contributed by atoms with van der Waals surface area (Å²) in [5.74, 6) is 0.946. The van der Waals surface area contributed by atoms with Crippen molar-refractivity contribution in [2.24, 2.45) is 0 Å². The molecule has 0 saturated heterocycles. The van der Waals surface area contributed by atoms with E-state index in [1.165, 1.54) is 34.1 Å². The molecule has 3 aromatic carbocycles. The molecule has 5 rings (SSSR count). The number of rotatable bonds is 11. The van der Waals surface area contributed by atoms with Gasteiger partial charge in [0.25, 0.3) is 0 Å². The Labute approximate surface area is 263 Å². The summed E-state index contributed by atoms with van der Waals surface area (Å²) in [4.78, 5) is 13.7. The molecule has 0 spiro atoms. The van der Waals surface area contributed by atoms with E-state index in [1.807, 2.05) is 61.7 Å². The van der Waals surface area contributed by atoms with Crippen LogP contribution in [-0.4, -0.2) is 39.5 Å². The fourth-order valence-corrected chi connectivity index (χ4v) is 7.51. The number of nitrogens with one attached hydrogen (secondary N) is 1. The fraction of sp³-hybridized carbons (Fsp3) is 0.258. The van der Waals surface area contributed by atoms with E-state index >= 15 is 0 Å². The number of halogens is 2. The SMILES string of the molecule is CCN(C(C)c1nc(-c2ccc3ncnc(Nc4ccc(OCc5cccc(F)c5)c(Br)c4)c3c2)cs1)S(=O)(=O)C(C)C. The fourth-order valence-electron chi connectivity index (χ4n) is 4.62. The van der Waals surface area contributed by atoms with Crippen LogP contribution in [0.1, 0.15) is 44.3 Å². The summed E-state index contributed by atoms with van der Waals surface area (Å²) < 4.78 is 47.4. The lowest BCUT2D eigenvalue weighted by Gasteiger charge is -2.27. The van der Waals surface area contributed by atoms with Crippen molar-refractivity contribution >= 4 is 59.7 Å². The first kappa shape index (κ1) is 31.0. The van der Waals surface area contributed by atoms with Gasteiger partial charge >= 0.3 is 0 Å². The molecule has 0 aliphatic carbocycles. The third-order valence-electron chi connectivity index (χ3n) is 6.95. The highest BCUT2D eigenvalue weighted by Gasteiger charge is 2.31. The van der Waals surface area contributed by atoms with E-state index in [0.717, 1.165) is 42.9 Å². The van der Waals surface area contributed by atoms with Crippen molar-refractivity contribution in [2.75, 3.05) is 11.9 Å². The number of sulfonamides is 1. The van der Waals surface area contributed by atoms with E-state index in [9.17, 15) is 12.8 Å². The van der Waals surface area contributed by atoms with Crippen LogP contribution in [0.2, 0.25) is 0 Å². The van der Waals surface area contributed by atoms with Gasteiger partial charge in [-0.05, 0) is 84.7 Å². The van der Waals surface area contributed by atoms with E-state index < -0.39 is 15.3 Å². The van der Waals surface area contributed by atoms with Crippen molar-refractivity contribution in [3.8, 4) is 17.0 Å². The molecule has 12 heteroatoms. The van der Waals surface area contributed by atoms with E-state index in [0.29, 0.717) is 18.1 Å². The quantitative estimate of drug-likeness (QED) is 0.150. The number of thiazole rings is 1. The minimum absolute atomic E-state index is 0.240. The molecule has 0 bridgehead atoms. The average Bonchev–Trinajstić information content (AvgIpc) is 3.47. The summed E-state index contributed by atoms with van der Waals surface area (Å²) in [6, 6.07) is 17.4. The highest BCUT2D eigenvalue weighted by molar-refractivity contribution is 9.10. The van der Waals surface area contributed by atoms with E-state index in [2.05, 4.69) is 31.2 Å². The first-order valence-corrected chi connectivity index (χ1v) is 16.9. The maximum Gasteiger partial charge on any atom is 0.217 e. The van der Waals surface area contributed by atoms with Gasteiger partial charge in [0.15, 0.2) is 0 Å². The molecule has 1 atom stereocenters. The summed E-state index contributed by atoms with van der Waals surface area (Å²) in [6.07, 6.45) is 1.51. The van der Waals surface area contributed by atoms with Crippen LogP contribution in [0, 0.1) is 5.82 Å². The molecule has 0 aliphatic rings. The molecule has 2 aromatic heterocycles. The summed E-state index contributed by atoms with van der Waals surface area (Å²) >= 11 is 5.01. The maximum absolute atomic E-state index is 13.5. The second-order valence-electron chi connectivity index (χ2n) is 10.2. The Bertz CT molecular complexity index is 1870. The third kappa shape index (κ3) is 6.87. The van der Waals surface area contributed by atoms with Gasteiger partial charge in [-0.3, -0.25) is 0 Å². The molecule has 224 valence electrons. The summed E-state index contributed by atoms with van der Waals surface area (Å²) in [6.45, 7) is 7.71. The molecular formula is C31H31BrFN5O3S2. The Morgan fingerprint density at radius 3 is 2.60 bits per heavy atom. The molecule has 0 radical (unpaired) electrons. The number of hydrogen-bond donors (Lipinski definition) is 1. The average molecular weight is 685 g/mol. The zero-order chi connectivity index (χ0) is 30.7. The van der Waals surface area contributed by atoms with Crippen molar-refractivity contribution in [3.63, 3.8) is 0 Å². The highest BCUT2D eigenvalue weighted by Crippen LogP contribution is 2.34. The van der Waals surface area contributed by atoms with Gasteiger partial charge in [-0.1, -0.05) is 25.1 Å². The Hall–Kier alpha value is -3.45.